The maximum atomic E-state index is 11.9. The van der Waals surface area contributed by atoms with E-state index < -0.39 is 48.6 Å². The van der Waals surface area contributed by atoms with Crippen molar-refractivity contribution in [3.8, 4) is 0 Å². The number of hydrogen-bond donors (Lipinski definition) is 5. The number of amides is 2. The number of rotatable bonds is 10. The Bertz CT molecular complexity index is 551. The predicted molar refractivity (Wildman–Crippen MR) is 74.1 cm³/mol. The van der Waals surface area contributed by atoms with Gasteiger partial charge < -0.3 is 26.0 Å². The molecule has 5 N–H and O–H groups in total. The molecule has 132 valence electrons. The molecule has 0 aromatic rings. The van der Waals surface area contributed by atoms with Gasteiger partial charge in [-0.2, -0.15) is 0 Å². The van der Waals surface area contributed by atoms with Crippen LogP contribution in [-0.4, -0.2) is 57.5 Å². The van der Waals surface area contributed by atoms with E-state index in [2.05, 4.69) is 31.3 Å². The number of carboxylic acids is 3. The van der Waals surface area contributed by atoms with Gasteiger partial charge >= 0.3 is 23.9 Å². The average Bonchev–Trinajstić information content (AvgIpc) is 3.01. The van der Waals surface area contributed by atoms with E-state index in [-0.39, 0.29) is 19.3 Å². The van der Waals surface area contributed by atoms with Crippen LogP contribution in [0.2, 0.25) is 0 Å². The molecular formula is C11H16N6O7. The van der Waals surface area contributed by atoms with Crippen LogP contribution in [0.1, 0.15) is 25.7 Å². The number of carbonyl (C=O) groups excluding carboxylic acids is 1. The third-order valence-corrected chi connectivity index (χ3v) is 2.98. The Kier molecular flexibility index (Phi) is 7.19. The second-order valence-corrected chi connectivity index (χ2v) is 4.80. The number of aliphatic carboxylic acids is 3. The van der Waals surface area contributed by atoms with Crippen LogP contribution in [0.3, 0.4) is 0 Å². The van der Waals surface area contributed by atoms with Gasteiger partial charge in [-0.3, -0.25) is 9.59 Å². The highest BCUT2D eigenvalue weighted by Gasteiger charge is 2.28. The van der Waals surface area contributed by atoms with Crippen LogP contribution in [0.25, 0.3) is 0 Å². The first kappa shape index (κ1) is 18.9. The van der Waals surface area contributed by atoms with Gasteiger partial charge in [-0.05, 0) is 23.3 Å². The second kappa shape index (κ2) is 9.12. The van der Waals surface area contributed by atoms with Crippen molar-refractivity contribution in [2.75, 3.05) is 0 Å². The minimum Gasteiger partial charge on any atom is -0.481 e. The Morgan fingerprint density at radius 3 is 1.92 bits per heavy atom. The Morgan fingerprint density at radius 1 is 0.875 bits per heavy atom. The summed E-state index contributed by atoms with van der Waals surface area (Å²) >= 11 is 0. The molecule has 13 nitrogen and oxygen atoms in total. The first-order valence-corrected chi connectivity index (χ1v) is 6.83. The second-order valence-electron chi connectivity index (χ2n) is 4.80. The van der Waals surface area contributed by atoms with Crippen molar-refractivity contribution in [1.29, 1.82) is 0 Å². The fraction of sp³-hybridized carbons (Fsp3) is 0.636. The lowest BCUT2D eigenvalue weighted by atomic mass is 10.1. The van der Waals surface area contributed by atoms with Gasteiger partial charge in [-0.15, -0.1) is 10.2 Å². The number of hydrogen-bond acceptors (Lipinski definition) is 8. The first-order valence-electron chi connectivity index (χ1n) is 6.83. The molecule has 0 aromatic carbocycles. The van der Waals surface area contributed by atoms with Crippen molar-refractivity contribution in [3.63, 3.8) is 0 Å². The Hall–Kier alpha value is -3.12. The largest absolute Gasteiger partial charge is 0.481 e. The highest BCUT2D eigenvalue weighted by atomic mass is 16.4. The molecule has 2 atom stereocenters. The van der Waals surface area contributed by atoms with E-state index >= 15 is 0 Å². The van der Waals surface area contributed by atoms with Crippen LogP contribution in [0.15, 0.2) is 20.7 Å². The molecule has 1 rings (SSSR count). The third kappa shape index (κ3) is 6.76. The third-order valence-electron chi connectivity index (χ3n) is 2.98. The summed E-state index contributed by atoms with van der Waals surface area (Å²) in [5.41, 5.74) is 0. The van der Waals surface area contributed by atoms with Crippen LogP contribution in [-0.2, 0) is 14.4 Å². The fourth-order valence-corrected chi connectivity index (χ4v) is 1.80. The zero-order chi connectivity index (χ0) is 18.1. The molecule has 0 saturated heterocycles. The Morgan fingerprint density at radius 2 is 1.42 bits per heavy atom. The molecular weight excluding hydrogens is 328 g/mol. The van der Waals surface area contributed by atoms with Gasteiger partial charge in [0.25, 0.3) is 0 Å². The van der Waals surface area contributed by atoms with Gasteiger partial charge in [0.2, 0.25) is 6.17 Å². The van der Waals surface area contributed by atoms with Gasteiger partial charge in [0.15, 0.2) is 0 Å². The number of carboxylic acid groups (broad SMARTS) is 3. The van der Waals surface area contributed by atoms with E-state index in [1.807, 2.05) is 0 Å². The molecule has 24 heavy (non-hydrogen) atoms. The topological polar surface area (TPSA) is 202 Å². The molecule has 0 radical (unpaired) electrons. The van der Waals surface area contributed by atoms with Gasteiger partial charge in [-0.1, -0.05) is 0 Å². The van der Waals surface area contributed by atoms with Gasteiger partial charge in [0.05, 0.1) is 6.04 Å². The van der Waals surface area contributed by atoms with E-state index in [1.165, 1.54) is 0 Å². The lowest BCUT2D eigenvalue weighted by Crippen LogP contribution is -2.51. The van der Waals surface area contributed by atoms with Crippen molar-refractivity contribution >= 4 is 23.9 Å². The van der Waals surface area contributed by atoms with Crippen molar-refractivity contribution in [3.05, 3.63) is 0 Å². The Balaban J connectivity index is 2.62. The summed E-state index contributed by atoms with van der Waals surface area (Å²) in [6.07, 6.45) is -1.96. The van der Waals surface area contributed by atoms with Crippen LogP contribution in [0.4, 0.5) is 4.79 Å². The number of nitrogens with zero attached hydrogens (tertiary/aromatic N) is 4. The van der Waals surface area contributed by atoms with Crippen molar-refractivity contribution < 1.29 is 34.5 Å². The summed E-state index contributed by atoms with van der Waals surface area (Å²) in [5, 5.41) is 44.4. The summed E-state index contributed by atoms with van der Waals surface area (Å²) in [5.74, 6) is -3.69. The number of nitrogens with one attached hydrogen (secondary N) is 2. The molecule has 0 aliphatic carbocycles. The summed E-state index contributed by atoms with van der Waals surface area (Å²) in [6.45, 7) is 0. The van der Waals surface area contributed by atoms with E-state index in [4.69, 9.17) is 15.3 Å². The van der Waals surface area contributed by atoms with E-state index in [9.17, 15) is 19.2 Å². The average molecular weight is 344 g/mol. The lowest BCUT2D eigenvalue weighted by Gasteiger charge is -2.21. The van der Waals surface area contributed by atoms with Gasteiger partial charge in [0, 0.05) is 12.8 Å². The summed E-state index contributed by atoms with van der Waals surface area (Å²) in [6, 6.07) is -3.18. The molecule has 0 saturated carbocycles. The molecule has 0 spiro atoms. The SMILES string of the molecule is O=C(O)CC[C@H](NC(=O)N[C@@H](CCC(=O)O)C1N=NN=N1)C(=O)O. The molecule has 13 heteroatoms. The molecule has 1 heterocycles. The van der Waals surface area contributed by atoms with Crippen LogP contribution < -0.4 is 10.6 Å². The van der Waals surface area contributed by atoms with E-state index in [1.54, 1.807) is 0 Å². The zero-order valence-electron chi connectivity index (χ0n) is 12.3. The predicted octanol–water partition coefficient (Wildman–Crippen LogP) is -0.00390. The Labute approximate surface area is 134 Å². The van der Waals surface area contributed by atoms with Crippen molar-refractivity contribution in [2.45, 2.75) is 43.9 Å². The molecule has 2 amide bonds. The molecule has 0 aromatic heterocycles. The van der Waals surface area contributed by atoms with E-state index in [0.717, 1.165) is 0 Å². The minimum absolute atomic E-state index is 0.0294. The van der Waals surface area contributed by atoms with Crippen molar-refractivity contribution in [1.82, 2.24) is 10.6 Å². The van der Waals surface area contributed by atoms with Crippen LogP contribution in [0, 0.1) is 0 Å². The summed E-state index contributed by atoms with van der Waals surface area (Å²) < 4.78 is 0. The van der Waals surface area contributed by atoms with Crippen LogP contribution in [0.5, 0.6) is 0 Å². The quantitative estimate of drug-likeness (QED) is 0.366. The molecule has 0 fully saturated rings. The van der Waals surface area contributed by atoms with Crippen molar-refractivity contribution in [2.24, 2.45) is 20.7 Å². The molecule has 0 bridgehead atoms. The smallest absolute Gasteiger partial charge is 0.326 e. The number of urea groups is 1. The number of carbonyl (C=O) groups is 4. The monoisotopic (exact) mass is 344 g/mol. The van der Waals surface area contributed by atoms with Crippen LogP contribution >= 0.6 is 0 Å². The van der Waals surface area contributed by atoms with Gasteiger partial charge in [-0.25, -0.2) is 9.59 Å². The molecule has 1 aliphatic rings. The fourth-order valence-electron chi connectivity index (χ4n) is 1.80. The summed E-state index contributed by atoms with van der Waals surface area (Å²) in [7, 11) is 0. The normalized spacial score (nSPS) is 15.7. The summed E-state index contributed by atoms with van der Waals surface area (Å²) in [4.78, 5) is 44.1. The highest BCUT2D eigenvalue weighted by molar-refractivity contribution is 5.83. The standard InChI is InChI=1S/C11H16N6O7/c18-7(19)3-1-5(9-14-16-17-15-9)12-11(24)13-6(10(22)23)2-4-8(20)21/h5-6,9H,1-4H2,(H,18,19)(H,20,21)(H,22,23)(H2,12,13,24)/t5-,6-/m0/s1. The van der Waals surface area contributed by atoms with E-state index in [0.29, 0.717) is 0 Å². The zero-order valence-corrected chi connectivity index (χ0v) is 12.3. The maximum absolute atomic E-state index is 11.9. The minimum atomic E-state index is -1.41. The molecule has 1 aliphatic heterocycles. The first-order chi connectivity index (χ1) is 11.3. The molecule has 0 unspecified atom stereocenters. The van der Waals surface area contributed by atoms with Gasteiger partial charge in [0.1, 0.15) is 6.04 Å². The highest BCUT2D eigenvalue weighted by Crippen LogP contribution is 2.14. The lowest BCUT2D eigenvalue weighted by molar-refractivity contribution is -0.140. The maximum Gasteiger partial charge on any atom is 0.326 e.